The van der Waals surface area contributed by atoms with Crippen molar-refractivity contribution in [2.24, 2.45) is 0 Å². The highest BCUT2D eigenvalue weighted by molar-refractivity contribution is 7.98. The topological polar surface area (TPSA) is 67.4 Å². The number of amides is 2. The van der Waals surface area contributed by atoms with E-state index in [-0.39, 0.29) is 24.3 Å². The molecule has 3 rings (SSSR count). The molecule has 0 saturated heterocycles. The highest BCUT2D eigenvalue weighted by Gasteiger charge is 2.23. The molecule has 3 aromatic rings. The summed E-state index contributed by atoms with van der Waals surface area (Å²) >= 11 is 1.65. The van der Waals surface area contributed by atoms with Gasteiger partial charge in [-0.1, -0.05) is 54.6 Å². The number of thioether (sulfide) groups is 1. The molecule has 0 aromatic heterocycles. The van der Waals surface area contributed by atoms with E-state index in [0.717, 1.165) is 27.3 Å². The number of methoxy groups -OCH3 is 1. The molecule has 3 aromatic carbocycles. The minimum atomic E-state index is -0.681. The molecule has 0 spiro atoms. The van der Waals surface area contributed by atoms with Gasteiger partial charge in [-0.15, -0.1) is 11.8 Å². The van der Waals surface area contributed by atoms with E-state index in [9.17, 15) is 9.59 Å². The van der Waals surface area contributed by atoms with E-state index in [4.69, 9.17) is 4.74 Å². The van der Waals surface area contributed by atoms with Crippen molar-refractivity contribution in [3.05, 3.63) is 95.6 Å². The number of carbonyl (C=O) groups is 2. The second kappa shape index (κ2) is 12.1. The quantitative estimate of drug-likeness (QED) is 0.433. The first-order chi connectivity index (χ1) is 16.0. The predicted octanol–water partition coefficient (Wildman–Crippen LogP) is 4.56. The highest BCUT2D eigenvalue weighted by Crippen LogP contribution is 2.18. The minimum absolute atomic E-state index is 0.169. The first kappa shape index (κ1) is 24.4. The van der Waals surface area contributed by atoms with Crippen LogP contribution in [-0.2, 0) is 22.4 Å². The van der Waals surface area contributed by atoms with Crippen molar-refractivity contribution in [3.63, 3.8) is 0 Å². The molecule has 2 atom stereocenters. The Balaban J connectivity index is 1.73. The van der Waals surface area contributed by atoms with Crippen molar-refractivity contribution in [1.82, 2.24) is 10.6 Å². The maximum Gasteiger partial charge on any atom is 0.243 e. The molecule has 5 nitrogen and oxygen atoms in total. The third-order valence-electron chi connectivity index (χ3n) is 5.41. The van der Waals surface area contributed by atoms with E-state index in [2.05, 4.69) is 16.7 Å². The molecule has 0 saturated carbocycles. The number of hydrogen-bond acceptors (Lipinski definition) is 4. The summed E-state index contributed by atoms with van der Waals surface area (Å²) in [4.78, 5) is 27.2. The fraction of sp³-hybridized carbons (Fsp3) is 0.259. The fourth-order valence-electron chi connectivity index (χ4n) is 3.56. The van der Waals surface area contributed by atoms with Gasteiger partial charge in [-0.05, 0) is 54.1 Å². The largest absolute Gasteiger partial charge is 0.497 e. The van der Waals surface area contributed by atoms with Crippen LogP contribution in [0.2, 0.25) is 0 Å². The predicted molar refractivity (Wildman–Crippen MR) is 134 cm³/mol. The normalized spacial score (nSPS) is 12.5. The number of rotatable bonds is 10. The van der Waals surface area contributed by atoms with Crippen molar-refractivity contribution in [2.75, 3.05) is 13.4 Å². The van der Waals surface area contributed by atoms with Crippen LogP contribution < -0.4 is 15.4 Å². The maximum absolute atomic E-state index is 13.2. The van der Waals surface area contributed by atoms with E-state index >= 15 is 0 Å². The monoisotopic (exact) mass is 462 g/mol. The van der Waals surface area contributed by atoms with Crippen molar-refractivity contribution < 1.29 is 14.3 Å². The average Bonchev–Trinajstić information content (AvgIpc) is 2.84. The first-order valence-corrected chi connectivity index (χ1v) is 12.1. The lowest BCUT2D eigenvalue weighted by atomic mass is 10.0. The zero-order chi connectivity index (χ0) is 23.6. The smallest absolute Gasteiger partial charge is 0.243 e. The van der Waals surface area contributed by atoms with Crippen LogP contribution in [0.25, 0.3) is 0 Å². The number of ether oxygens (including phenoxy) is 1. The lowest BCUT2D eigenvalue weighted by molar-refractivity contribution is -0.129. The molecule has 0 aliphatic carbocycles. The van der Waals surface area contributed by atoms with Crippen LogP contribution in [-0.4, -0.2) is 31.2 Å². The van der Waals surface area contributed by atoms with Gasteiger partial charge in [-0.2, -0.15) is 0 Å². The summed E-state index contributed by atoms with van der Waals surface area (Å²) in [7, 11) is 1.60. The van der Waals surface area contributed by atoms with Crippen molar-refractivity contribution in [3.8, 4) is 5.75 Å². The van der Waals surface area contributed by atoms with Crippen LogP contribution in [0.15, 0.2) is 83.8 Å². The Morgan fingerprint density at radius 3 is 2.30 bits per heavy atom. The van der Waals surface area contributed by atoms with Gasteiger partial charge in [0.25, 0.3) is 0 Å². The highest BCUT2D eigenvalue weighted by atomic mass is 32.2. The lowest BCUT2D eigenvalue weighted by Gasteiger charge is -2.22. The number of nitrogens with one attached hydrogen (secondary N) is 2. The third kappa shape index (κ3) is 7.39. The van der Waals surface area contributed by atoms with Gasteiger partial charge < -0.3 is 15.4 Å². The second-order valence-corrected chi connectivity index (χ2v) is 8.72. The van der Waals surface area contributed by atoms with Gasteiger partial charge in [-0.25, -0.2) is 0 Å². The van der Waals surface area contributed by atoms with Crippen LogP contribution in [0.3, 0.4) is 0 Å². The van der Waals surface area contributed by atoms with E-state index in [1.54, 1.807) is 18.9 Å². The Morgan fingerprint density at radius 1 is 0.909 bits per heavy atom. The Hall–Kier alpha value is -3.25. The molecular weight excluding hydrogens is 432 g/mol. The Morgan fingerprint density at radius 2 is 1.64 bits per heavy atom. The van der Waals surface area contributed by atoms with Gasteiger partial charge in [0, 0.05) is 11.3 Å². The molecule has 0 aliphatic rings. The standard InChI is InChI=1S/C27H30N2O3S/c1-19(22-9-5-4-6-10-22)28-27(31)25(17-21-8-7-11-24(16-21)33-3)29-26(30)18-20-12-14-23(32-2)15-13-20/h4-16,19,25H,17-18H2,1-3H3,(H,28,31)(H,29,30)/t19-,25+/m0/s1. The molecule has 2 amide bonds. The molecule has 6 heteroatoms. The molecule has 2 N–H and O–H groups in total. The molecule has 0 bridgehead atoms. The number of hydrogen-bond donors (Lipinski definition) is 2. The summed E-state index contributed by atoms with van der Waals surface area (Å²) in [6.45, 7) is 1.94. The second-order valence-electron chi connectivity index (χ2n) is 7.84. The SMILES string of the molecule is COc1ccc(CC(=O)N[C@H](Cc2cccc(SC)c2)C(=O)N[C@@H](C)c2ccccc2)cc1. The third-order valence-corrected chi connectivity index (χ3v) is 6.13. The Labute approximate surface area is 199 Å². The van der Waals surface area contributed by atoms with Gasteiger partial charge in [0.1, 0.15) is 11.8 Å². The van der Waals surface area contributed by atoms with Crippen LogP contribution in [0.1, 0.15) is 29.7 Å². The Bertz CT molecular complexity index is 1050. The number of carbonyl (C=O) groups excluding carboxylic acids is 2. The Kier molecular flexibility index (Phi) is 8.95. The molecule has 0 radical (unpaired) electrons. The minimum Gasteiger partial charge on any atom is -0.497 e. The maximum atomic E-state index is 13.2. The lowest BCUT2D eigenvalue weighted by Crippen LogP contribution is -2.49. The van der Waals surface area contributed by atoms with Gasteiger partial charge in [0.05, 0.1) is 19.6 Å². The average molecular weight is 463 g/mol. The first-order valence-electron chi connectivity index (χ1n) is 10.9. The molecule has 0 heterocycles. The summed E-state index contributed by atoms with van der Waals surface area (Å²) < 4.78 is 5.17. The van der Waals surface area contributed by atoms with Crippen LogP contribution in [0.4, 0.5) is 0 Å². The van der Waals surface area contributed by atoms with E-state index in [1.165, 1.54) is 0 Å². The molecule has 172 valence electrons. The van der Waals surface area contributed by atoms with Crippen LogP contribution in [0, 0.1) is 0 Å². The van der Waals surface area contributed by atoms with Crippen molar-refractivity contribution in [1.29, 1.82) is 0 Å². The summed E-state index contributed by atoms with van der Waals surface area (Å²) in [5.74, 6) is 0.331. The number of benzene rings is 3. The zero-order valence-corrected chi connectivity index (χ0v) is 20.0. The van der Waals surface area contributed by atoms with Gasteiger partial charge in [0.2, 0.25) is 11.8 Å². The summed E-state index contributed by atoms with van der Waals surface area (Å²) in [5.41, 5.74) is 2.87. The summed E-state index contributed by atoms with van der Waals surface area (Å²) in [5, 5.41) is 6.00. The van der Waals surface area contributed by atoms with Gasteiger partial charge in [0.15, 0.2) is 0 Å². The molecule has 0 aliphatic heterocycles. The zero-order valence-electron chi connectivity index (χ0n) is 19.2. The van der Waals surface area contributed by atoms with Gasteiger partial charge >= 0.3 is 0 Å². The van der Waals surface area contributed by atoms with Crippen molar-refractivity contribution >= 4 is 23.6 Å². The van der Waals surface area contributed by atoms with Crippen LogP contribution >= 0.6 is 11.8 Å². The summed E-state index contributed by atoms with van der Waals surface area (Å²) in [6, 6.07) is 24.3. The molecular formula is C27H30N2O3S. The van der Waals surface area contributed by atoms with Gasteiger partial charge in [-0.3, -0.25) is 9.59 Å². The van der Waals surface area contributed by atoms with Crippen molar-refractivity contribution in [2.45, 2.75) is 36.7 Å². The van der Waals surface area contributed by atoms with E-state index < -0.39 is 6.04 Å². The van der Waals surface area contributed by atoms with Crippen LogP contribution in [0.5, 0.6) is 5.75 Å². The molecule has 0 fully saturated rings. The van der Waals surface area contributed by atoms with E-state index in [1.807, 2.05) is 86.0 Å². The molecule has 0 unspecified atom stereocenters. The fourth-order valence-corrected chi connectivity index (χ4v) is 4.04. The van der Waals surface area contributed by atoms with E-state index in [0.29, 0.717) is 6.42 Å². The molecule has 33 heavy (non-hydrogen) atoms. The summed E-state index contributed by atoms with van der Waals surface area (Å²) in [6.07, 6.45) is 2.62.